The molecule has 0 saturated heterocycles. The van der Waals surface area contributed by atoms with Gasteiger partial charge in [0, 0.05) is 18.1 Å². The molecule has 0 aromatic carbocycles. The van der Waals surface area contributed by atoms with E-state index in [4.69, 9.17) is 0 Å². The van der Waals surface area contributed by atoms with Gasteiger partial charge in [0.05, 0.1) is 10.6 Å². The molecule has 104 valence electrons. The monoisotopic (exact) mass is 291 g/mol. The van der Waals surface area contributed by atoms with E-state index in [0.29, 0.717) is 6.42 Å². The van der Waals surface area contributed by atoms with Crippen molar-refractivity contribution in [1.29, 1.82) is 0 Å². The van der Waals surface area contributed by atoms with E-state index in [1.54, 1.807) is 0 Å². The minimum absolute atomic E-state index is 0.160. The van der Waals surface area contributed by atoms with Gasteiger partial charge in [-0.25, -0.2) is 8.42 Å². The van der Waals surface area contributed by atoms with Crippen LogP contribution < -0.4 is 5.32 Å². The number of hydrogen-bond donors (Lipinski definition) is 1. The number of aromatic nitrogens is 2. The molecule has 0 radical (unpaired) electrons. The van der Waals surface area contributed by atoms with Gasteiger partial charge in [-0.3, -0.25) is 0 Å². The lowest BCUT2D eigenvalue weighted by atomic mass is 10.1. The SMILES string of the molecule is CCCc1nnsc1C(CCCS(C)(=O)=O)NC. The maximum absolute atomic E-state index is 11.1. The van der Waals surface area contributed by atoms with Crippen molar-refractivity contribution in [3.8, 4) is 0 Å². The minimum atomic E-state index is -2.87. The van der Waals surface area contributed by atoms with Crippen molar-refractivity contribution in [1.82, 2.24) is 14.9 Å². The molecule has 5 nitrogen and oxygen atoms in total. The van der Waals surface area contributed by atoms with Crippen LogP contribution in [0, 0.1) is 0 Å². The van der Waals surface area contributed by atoms with Crippen molar-refractivity contribution in [3.63, 3.8) is 0 Å². The number of sulfone groups is 1. The summed E-state index contributed by atoms with van der Waals surface area (Å²) in [6.07, 6.45) is 4.70. The Hall–Kier alpha value is -0.530. The molecule has 1 aromatic heterocycles. The highest BCUT2D eigenvalue weighted by Gasteiger charge is 2.17. The maximum atomic E-state index is 11.1. The normalized spacial score (nSPS) is 13.7. The first-order valence-electron chi connectivity index (χ1n) is 6.14. The van der Waals surface area contributed by atoms with E-state index in [-0.39, 0.29) is 11.8 Å². The summed E-state index contributed by atoms with van der Waals surface area (Å²) in [5, 5.41) is 7.37. The van der Waals surface area contributed by atoms with Crippen molar-refractivity contribution in [2.75, 3.05) is 19.1 Å². The van der Waals surface area contributed by atoms with Gasteiger partial charge in [0.25, 0.3) is 0 Å². The summed E-state index contributed by atoms with van der Waals surface area (Å²) in [4.78, 5) is 1.15. The summed E-state index contributed by atoms with van der Waals surface area (Å²) in [6.45, 7) is 2.11. The van der Waals surface area contributed by atoms with Gasteiger partial charge >= 0.3 is 0 Å². The van der Waals surface area contributed by atoms with Crippen LogP contribution in [0.15, 0.2) is 0 Å². The lowest BCUT2D eigenvalue weighted by Crippen LogP contribution is -2.18. The highest BCUT2D eigenvalue weighted by atomic mass is 32.2. The summed E-state index contributed by atoms with van der Waals surface area (Å²) < 4.78 is 26.2. The van der Waals surface area contributed by atoms with Gasteiger partial charge in [0.2, 0.25) is 0 Å². The van der Waals surface area contributed by atoms with Crippen molar-refractivity contribution >= 4 is 21.4 Å². The molecule has 0 fully saturated rings. The molecule has 0 aliphatic carbocycles. The first kappa shape index (κ1) is 15.5. The zero-order valence-electron chi connectivity index (χ0n) is 11.1. The van der Waals surface area contributed by atoms with Crippen LogP contribution in [0.1, 0.15) is 42.8 Å². The minimum Gasteiger partial charge on any atom is -0.312 e. The van der Waals surface area contributed by atoms with Crippen molar-refractivity contribution in [3.05, 3.63) is 10.6 Å². The second-order valence-corrected chi connectivity index (χ2v) is 7.49. The number of nitrogens with zero attached hydrogens (tertiary/aromatic N) is 2. The molecule has 7 heteroatoms. The van der Waals surface area contributed by atoms with E-state index in [1.165, 1.54) is 17.8 Å². The fourth-order valence-electron chi connectivity index (χ4n) is 1.85. The van der Waals surface area contributed by atoms with E-state index in [0.717, 1.165) is 29.8 Å². The van der Waals surface area contributed by atoms with E-state index in [1.807, 2.05) is 7.05 Å². The van der Waals surface area contributed by atoms with Gasteiger partial charge in [-0.1, -0.05) is 17.8 Å². The third-order valence-electron chi connectivity index (χ3n) is 2.74. The Labute approximate surface area is 113 Å². The number of nitrogens with one attached hydrogen (secondary N) is 1. The molecule has 1 heterocycles. The van der Waals surface area contributed by atoms with Crippen LogP contribution in [-0.2, 0) is 16.3 Å². The first-order chi connectivity index (χ1) is 8.48. The molecule has 18 heavy (non-hydrogen) atoms. The van der Waals surface area contributed by atoms with Gasteiger partial charge in [-0.2, -0.15) is 0 Å². The van der Waals surface area contributed by atoms with Gasteiger partial charge < -0.3 is 5.32 Å². The number of rotatable bonds is 8. The van der Waals surface area contributed by atoms with E-state index < -0.39 is 9.84 Å². The van der Waals surface area contributed by atoms with Crippen molar-refractivity contribution in [2.24, 2.45) is 0 Å². The summed E-state index contributed by atoms with van der Waals surface area (Å²) in [6, 6.07) is 0.160. The zero-order chi connectivity index (χ0) is 13.6. The molecule has 1 unspecified atom stereocenters. The zero-order valence-corrected chi connectivity index (χ0v) is 12.8. The molecule has 1 N–H and O–H groups in total. The Balaban J connectivity index is 2.62. The molecule has 1 atom stereocenters. The summed E-state index contributed by atoms with van der Waals surface area (Å²) in [7, 11) is -0.983. The first-order valence-corrected chi connectivity index (χ1v) is 8.97. The quantitative estimate of drug-likeness (QED) is 0.787. The molecular formula is C11H21N3O2S2. The average Bonchev–Trinajstić information content (AvgIpc) is 2.72. The molecular weight excluding hydrogens is 270 g/mol. The Morgan fingerprint density at radius 3 is 2.72 bits per heavy atom. The molecule has 0 amide bonds. The Kier molecular flexibility index (Phi) is 6.17. The van der Waals surface area contributed by atoms with Crippen LogP contribution in [0.3, 0.4) is 0 Å². The van der Waals surface area contributed by atoms with Crippen LogP contribution in [0.2, 0.25) is 0 Å². The Bertz CT molecular complexity index is 457. The topological polar surface area (TPSA) is 72.0 Å². The van der Waals surface area contributed by atoms with E-state index in [2.05, 4.69) is 21.8 Å². The smallest absolute Gasteiger partial charge is 0.147 e. The van der Waals surface area contributed by atoms with Crippen LogP contribution >= 0.6 is 11.5 Å². The van der Waals surface area contributed by atoms with E-state index in [9.17, 15) is 8.42 Å². The largest absolute Gasteiger partial charge is 0.312 e. The van der Waals surface area contributed by atoms with Gasteiger partial charge in [0.1, 0.15) is 9.84 Å². The predicted octanol–water partition coefficient (Wildman–Crippen LogP) is 1.58. The van der Waals surface area contributed by atoms with E-state index >= 15 is 0 Å². The molecule has 0 spiro atoms. The summed E-state index contributed by atoms with van der Waals surface area (Å²) in [5.74, 6) is 0.237. The van der Waals surface area contributed by atoms with Crippen LogP contribution in [0.4, 0.5) is 0 Å². The van der Waals surface area contributed by atoms with Gasteiger partial charge in [-0.15, -0.1) is 5.10 Å². The average molecular weight is 291 g/mol. The second kappa shape index (κ2) is 7.16. The fraction of sp³-hybridized carbons (Fsp3) is 0.818. The highest BCUT2D eigenvalue weighted by Crippen LogP contribution is 2.25. The molecule has 0 aliphatic rings. The maximum Gasteiger partial charge on any atom is 0.147 e. The number of aryl methyl sites for hydroxylation is 1. The Morgan fingerprint density at radius 2 is 2.17 bits per heavy atom. The van der Waals surface area contributed by atoms with Crippen LogP contribution in [-0.4, -0.2) is 37.1 Å². The van der Waals surface area contributed by atoms with Crippen molar-refractivity contribution in [2.45, 2.75) is 38.6 Å². The van der Waals surface area contributed by atoms with Gasteiger partial charge in [0.15, 0.2) is 0 Å². The lowest BCUT2D eigenvalue weighted by Gasteiger charge is -2.14. The molecule has 1 aromatic rings. The molecule has 0 bridgehead atoms. The van der Waals surface area contributed by atoms with Crippen LogP contribution in [0.25, 0.3) is 0 Å². The number of hydrogen-bond acceptors (Lipinski definition) is 6. The highest BCUT2D eigenvalue weighted by molar-refractivity contribution is 7.90. The second-order valence-electron chi connectivity index (χ2n) is 4.45. The molecule has 1 rings (SSSR count). The third-order valence-corrected chi connectivity index (χ3v) is 4.66. The predicted molar refractivity (Wildman–Crippen MR) is 74.6 cm³/mol. The fourth-order valence-corrected chi connectivity index (χ4v) is 3.38. The lowest BCUT2D eigenvalue weighted by molar-refractivity contribution is 0.538. The Morgan fingerprint density at radius 1 is 1.44 bits per heavy atom. The van der Waals surface area contributed by atoms with Crippen molar-refractivity contribution < 1.29 is 8.42 Å². The standard InChI is InChI=1S/C11H21N3O2S2/c1-4-6-10-11(17-14-13-10)9(12-2)7-5-8-18(3,15)16/h9,12H,4-8H2,1-3H3. The summed E-state index contributed by atoms with van der Waals surface area (Å²) in [5.41, 5.74) is 1.04. The molecule has 0 saturated carbocycles. The third kappa shape index (κ3) is 4.99. The molecule has 0 aliphatic heterocycles. The van der Waals surface area contributed by atoms with Crippen LogP contribution in [0.5, 0.6) is 0 Å². The summed E-state index contributed by atoms with van der Waals surface area (Å²) >= 11 is 1.41. The van der Waals surface area contributed by atoms with Gasteiger partial charge in [-0.05, 0) is 37.8 Å².